The molecule has 5 atom stereocenters. The molecule has 1 heterocycles. The summed E-state index contributed by atoms with van der Waals surface area (Å²) in [6, 6.07) is 7.66. The van der Waals surface area contributed by atoms with Gasteiger partial charge in [-0.05, 0) is 73.1 Å². The minimum atomic E-state index is -4.93. The van der Waals surface area contributed by atoms with Crippen LogP contribution in [0.25, 0.3) is 0 Å². The van der Waals surface area contributed by atoms with Crippen LogP contribution in [0.2, 0.25) is 0 Å². The Morgan fingerprint density at radius 2 is 1.54 bits per heavy atom. The zero-order valence-corrected chi connectivity index (χ0v) is 20.6. The van der Waals surface area contributed by atoms with Gasteiger partial charge < -0.3 is 14.4 Å². The first-order valence-corrected chi connectivity index (χ1v) is 12.3. The normalized spacial score (nSPS) is 25.8. The Morgan fingerprint density at radius 1 is 0.919 bits per heavy atom. The molecule has 37 heavy (non-hydrogen) atoms. The molecular weight excluding hydrogens is 503 g/mol. The molecule has 0 N–H and O–H groups in total. The van der Waals surface area contributed by atoms with Crippen LogP contribution in [0.1, 0.15) is 54.0 Å². The first-order valence-electron chi connectivity index (χ1n) is 12.3. The molecule has 0 unspecified atom stereocenters. The molecule has 0 amide bonds. The zero-order valence-electron chi connectivity index (χ0n) is 20.6. The van der Waals surface area contributed by atoms with Crippen LogP contribution in [0.5, 0.6) is 0 Å². The van der Waals surface area contributed by atoms with Gasteiger partial charge in [0.2, 0.25) is 0 Å². The van der Waals surface area contributed by atoms with Crippen LogP contribution in [0.4, 0.5) is 30.7 Å². The van der Waals surface area contributed by atoms with Gasteiger partial charge in [-0.25, -0.2) is 4.39 Å². The Bertz CT molecular complexity index is 1020. The molecule has 2 aromatic carbocycles. The highest BCUT2D eigenvalue weighted by molar-refractivity contribution is 5.35. The maximum atomic E-state index is 13.7. The van der Waals surface area contributed by atoms with Gasteiger partial charge in [-0.15, -0.1) is 0 Å². The van der Waals surface area contributed by atoms with Crippen molar-refractivity contribution in [2.24, 2.45) is 11.8 Å². The van der Waals surface area contributed by atoms with Gasteiger partial charge in [-0.3, -0.25) is 0 Å². The highest BCUT2D eigenvalue weighted by Crippen LogP contribution is 2.48. The molecule has 1 saturated heterocycles. The lowest BCUT2D eigenvalue weighted by atomic mass is 9.69. The summed E-state index contributed by atoms with van der Waals surface area (Å²) in [4.78, 5) is 2.30. The fourth-order valence-electron chi connectivity index (χ4n) is 5.79. The quantitative estimate of drug-likeness (QED) is 0.355. The number of ether oxygens (including phenoxy) is 2. The summed E-state index contributed by atoms with van der Waals surface area (Å²) < 4.78 is 106. The van der Waals surface area contributed by atoms with Crippen molar-refractivity contribution in [3.63, 3.8) is 0 Å². The molecule has 10 heteroatoms. The lowest BCUT2D eigenvalue weighted by molar-refractivity contribution is -0.143. The number of likely N-dealkylation sites (tertiary alicyclic amines) is 1. The third-order valence-electron chi connectivity index (χ3n) is 7.58. The number of rotatable bonds is 7. The monoisotopic (exact) mass is 533 g/mol. The summed E-state index contributed by atoms with van der Waals surface area (Å²) in [6.07, 6.45) is -9.91. The number of methoxy groups -OCH3 is 1. The Labute approximate surface area is 211 Å². The van der Waals surface area contributed by atoms with E-state index >= 15 is 0 Å². The minimum Gasteiger partial charge on any atom is -0.383 e. The van der Waals surface area contributed by atoms with Gasteiger partial charge in [0.1, 0.15) is 5.82 Å². The first-order chi connectivity index (χ1) is 17.4. The van der Waals surface area contributed by atoms with E-state index < -0.39 is 41.5 Å². The van der Waals surface area contributed by atoms with Gasteiger partial charge in [0.15, 0.2) is 0 Å². The molecule has 2 aliphatic rings. The van der Waals surface area contributed by atoms with E-state index in [1.165, 1.54) is 19.1 Å². The van der Waals surface area contributed by atoms with E-state index in [1.54, 1.807) is 19.2 Å². The molecule has 204 valence electrons. The third kappa shape index (κ3) is 6.46. The van der Waals surface area contributed by atoms with Gasteiger partial charge in [-0.1, -0.05) is 12.1 Å². The van der Waals surface area contributed by atoms with Gasteiger partial charge in [0.05, 0.1) is 29.9 Å². The van der Waals surface area contributed by atoms with Crippen LogP contribution >= 0.6 is 0 Å². The average molecular weight is 534 g/mol. The van der Waals surface area contributed by atoms with Crippen LogP contribution in [0.15, 0.2) is 42.5 Å². The topological polar surface area (TPSA) is 21.7 Å². The molecule has 2 aromatic rings. The molecule has 0 aromatic heterocycles. The largest absolute Gasteiger partial charge is 0.416 e. The van der Waals surface area contributed by atoms with E-state index in [1.807, 2.05) is 0 Å². The molecule has 0 spiro atoms. The molecular formula is C27H30F7NO2. The van der Waals surface area contributed by atoms with Crippen LogP contribution in [0.3, 0.4) is 0 Å². The van der Waals surface area contributed by atoms with Gasteiger partial charge in [-0.2, -0.15) is 26.3 Å². The molecule has 0 bridgehead atoms. The van der Waals surface area contributed by atoms with Crippen molar-refractivity contribution in [3.8, 4) is 0 Å². The lowest BCUT2D eigenvalue weighted by Gasteiger charge is -2.41. The Morgan fingerprint density at radius 3 is 2.11 bits per heavy atom. The average Bonchev–Trinajstić information content (AvgIpc) is 3.25. The van der Waals surface area contributed by atoms with E-state index in [-0.39, 0.29) is 23.5 Å². The molecule has 0 radical (unpaired) electrons. The Balaban J connectivity index is 1.63. The summed E-state index contributed by atoms with van der Waals surface area (Å²) in [6.45, 7) is 4.44. The summed E-state index contributed by atoms with van der Waals surface area (Å²) in [5, 5.41) is 0. The molecule has 3 nitrogen and oxygen atoms in total. The smallest absolute Gasteiger partial charge is 0.383 e. The van der Waals surface area contributed by atoms with Crippen LogP contribution in [-0.4, -0.2) is 44.4 Å². The maximum Gasteiger partial charge on any atom is 0.416 e. The standard InChI is InChI=1S/C27H30F7NO2/c1-16(19-11-20(26(29,30)31)13-21(12-19)27(32,33)34)37-24-8-5-18-14-35(9-10-36-2)15-23(18)25(24)17-3-6-22(28)7-4-17/h3-4,6-7,11-13,16,18,23-25H,5,8-10,14-15H2,1-2H3/t16-,18+,23-,24+,25+/m1/s1. The number of alkyl halides is 6. The highest BCUT2D eigenvalue weighted by atomic mass is 19.4. The van der Waals surface area contributed by atoms with E-state index in [0.717, 1.165) is 43.8 Å². The van der Waals surface area contributed by atoms with Crippen LogP contribution in [-0.2, 0) is 21.8 Å². The molecule has 1 aliphatic carbocycles. The molecule has 4 rings (SSSR count). The minimum absolute atomic E-state index is 0.121. The van der Waals surface area contributed by atoms with E-state index in [9.17, 15) is 30.7 Å². The predicted molar refractivity (Wildman–Crippen MR) is 123 cm³/mol. The van der Waals surface area contributed by atoms with Crippen molar-refractivity contribution in [2.75, 3.05) is 33.4 Å². The predicted octanol–water partition coefficient (Wildman–Crippen LogP) is 7.08. The summed E-state index contributed by atoms with van der Waals surface area (Å²) in [5.74, 6) is -0.0612. The van der Waals surface area contributed by atoms with E-state index in [0.29, 0.717) is 18.9 Å². The fourth-order valence-corrected chi connectivity index (χ4v) is 5.79. The molecule has 1 saturated carbocycles. The Kier molecular flexibility index (Phi) is 8.21. The maximum absolute atomic E-state index is 13.7. The van der Waals surface area contributed by atoms with Crippen molar-refractivity contribution in [3.05, 3.63) is 70.5 Å². The third-order valence-corrected chi connectivity index (χ3v) is 7.58. The second-order valence-corrected chi connectivity index (χ2v) is 9.99. The summed E-state index contributed by atoms with van der Waals surface area (Å²) in [5.41, 5.74) is -2.07. The van der Waals surface area contributed by atoms with Crippen molar-refractivity contribution < 1.29 is 40.2 Å². The second-order valence-electron chi connectivity index (χ2n) is 9.99. The van der Waals surface area contributed by atoms with Crippen molar-refractivity contribution >= 4 is 0 Å². The lowest BCUT2D eigenvalue weighted by Crippen LogP contribution is -2.38. The van der Waals surface area contributed by atoms with E-state index in [2.05, 4.69) is 4.90 Å². The van der Waals surface area contributed by atoms with Gasteiger partial charge in [0.25, 0.3) is 0 Å². The van der Waals surface area contributed by atoms with Crippen LogP contribution < -0.4 is 0 Å². The number of fused-ring (bicyclic) bond motifs is 1. The number of nitrogens with zero attached hydrogens (tertiary/aromatic N) is 1. The zero-order chi connectivity index (χ0) is 27.0. The molecule has 1 aliphatic heterocycles. The second kappa shape index (κ2) is 10.9. The fraction of sp³-hybridized carbons (Fsp3) is 0.556. The first kappa shape index (κ1) is 27.9. The summed E-state index contributed by atoms with van der Waals surface area (Å²) in [7, 11) is 1.63. The van der Waals surface area contributed by atoms with Crippen molar-refractivity contribution in [1.82, 2.24) is 4.90 Å². The van der Waals surface area contributed by atoms with Crippen molar-refractivity contribution in [2.45, 2.75) is 50.2 Å². The van der Waals surface area contributed by atoms with E-state index in [4.69, 9.17) is 9.47 Å². The summed E-state index contributed by atoms with van der Waals surface area (Å²) >= 11 is 0. The highest BCUT2D eigenvalue weighted by Gasteiger charge is 2.46. The number of halogens is 7. The van der Waals surface area contributed by atoms with Crippen LogP contribution in [0, 0.1) is 17.7 Å². The number of hydrogen-bond donors (Lipinski definition) is 0. The SMILES string of the molecule is COCCN1C[C@@H]2CC[C@H](O[C@H](C)c3cc(C(F)(F)F)cc(C(F)(F)F)c3)[C@@H](c3ccc(F)cc3)[C@@H]2C1. The number of benzene rings is 2. The van der Waals surface area contributed by atoms with Gasteiger partial charge >= 0.3 is 12.4 Å². The molecule has 2 fully saturated rings. The number of hydrogen-bond acceptors (Lipinski definition) is 3. The van der Waals surface area contributed by atoms with Crippen molar-refractivity contribution in [1.29, 1.82) is 0 Å². The Hall–Kier alpha value is -2.17. The van der Waals surface area contributed by atoms with Gasteiger partial charge in [0, 0.05) is 32.7 Å².